The Kier molecular flexibility index (Phi) is 34.5. The zero-order valence-corrected chi connectivity index (χ0v) is 29.2. The Morgan fingerprint density at radius 3 is 1.23 bits per heavy atom. The molecule has 0 amide bonds. The van der Waals surface area contributed by atoms with Crippen molar-refractivity contribution in [3.05, 3.63) is 24.3 Å². The first-order chi connectivity index (χ1) is 21.6. The van der Waals surface area contributed by atoms with Crippen LogP contribution in [0.15, 0.2) is 24.3 Å². The first kappa shape index (κ1) is 42.4. The van der Waals surface area contributed by atoms with Crippen LogP contribution in [0.5, 0.6) is 0 Å². The zero-order chi connectivity index (χ0) is 32.2. The minimum atomic E-state index is -0.771. The van der Waals surface area contributed by atoms with E-state index in [-0.39, 0.29) is 25.2 Å². The summed E-state index contributed by atoms with van der Waals surface area (Å²) in [5.74, 6) is -0.598. The van der Waals surface area contributed by atoms with Gasteiger partial charge in [0.15, 0.2) is 6.10 Å². The Bertz CT molecular complexity index is 671. The summed E-state index contributed by atoms with van der Waals surface area (Å²) >= 11 is 0. The summed E-state index contributed by atoms with van der Waals surface area (Å²) in [6.45, 7) is 4.10. The van der Waals surface area contributed by atoms with Crippen molar-refractivity contribution in [3.8, 4) is 0 Å². The zero-order valence-electron chi connectivity index (χ0n) is 29.2. The molecule has 0 saturated heterocycles. The number of ether oxygens (including phenoxy) is 2. The number of hydrogen-bond donors (Lipinski definition) is 1. The van der Waals surface area contributed by atoms with Gasteiger partial charge in [-0.15, -0.1) is 0 Å². The van der Waals surface area contributed by atoms with Crippen molar-refractivity contribution < 1.29 is 24.2 Å². The van der Waals surface area contributed by atoms with Crippen molar-refractivity contribution in [2.45, 2.75) is 200 Å². The largest absolute Gasteiger partial charge is 0.462 e. The minimum Gasteiger partial charge on any atom is -0.462 e. The van der Waals surface area contributed by atoms with Gasteiger partial charge in [-0.3, -0.25) is 9.59 Å². The highest BCUT2D eigenvalue weighted by Crippen LogP contribution is 2.13. The summed E-state index contributed by atoms with van der Waals surface area (Å²) in [5, 5.41) is 9.53. The van der Waals surface area contributed by atoms with E-state index in [0.29, 0.717) is 12.8 Å². The fourth-order valence-corrected chi connectivity index (χ4v) is 5.31. The van der Waals surface area contributed by atoms with Gasteiger partial charge in [0.1, 0.15) is 6.61 Å². The number of rotatable bonds is 34. The first-order valence-corrected chi connectivity index (χ1v) is 18.9. The van der Waals surface area contributed by atoms with Crippen LogP contribution in [0.1, 0.15) is 194 Å². The molecule has 0 spiro atoms. The van der Waals surface area contributed by atoms with Crippen molar-refractivity contribution in [3.63, 3.8) is 0 Å². The van der Waals surface area contributed by atoms with Crippen LogP contribution in [0.4, 0.5) is 0 Å². The smallest absolute Gasteiger partial charge is 0.306 e. The fourth-order valence-electron chi connectivity index (χ4n) is 5.31. The molecule has 1 atom stereocenters. The highest BCUT2D eigenvalue weighted by Gasteiger charge is 2.16. The summed E-state index contributed by atoms with van der Waals surface area (Å²) in [6.07, 6.45) is 40.9. The molecule has 0 saturated carbocycles. The number of carbonyl (C=O) groups is 2. The van der Waals surface area contributed by atoms with E-state index in [1.165, 1.54) is 128 Å². The molecule has 0 aromatic rings. The second-order valence-corrected chi connectivity index (χ2v) is 12.6. The fraction of sp³-hybridized carbons (Fsp3) is 0.846. The van der Waals surface area contributed by atoms with Crippen LogP contribution in [0.3, 0.4) is 0 Å². The highest BCUT2D eigenvalue weighted by atomic mass is 16.6. The van der Waals surface area contributed by atoms with Crippen molar-refractivity contribution >= 4 is 11.9 Å². The second-order valence-electron chi connectivity index (χ2n) is 12.6. The third-order valence-corrected chi connectivity index (χ3v) is 8.22. The van der Waals surface area contributed by atoms with Gasteiger partial charge < -0.3 is 14.6 Å². The molecule has 5 heteroatoms. The number of esters is 2. The van der Waals surface area contributed by atoms with Gasteiger partial charge in [-0.2, -0.15) is 0 Å². The lowest BCUT2D eigenvalue weighted by molar-refractivity contribution is -0.161. The van der Waals surface area contributed by atoms with E-state index in [1.54, 1.807) is 0 Å². The Morgan fingerprint density at radius 1 is 0.500 bits per heavy atom. The number of carbonyl (C=O) groups excluding carboxylic acids is 2. The summed E-state index contributed by atoms with van der Waals surface area (Å²) in [7, 11) is 0. The van der Waals surface area contributed by atoms with Crippen molar-refractivity contribution in [2.75, 3.05) is 13.2 Å². The molecular formula is C39H72O5. The van der Waals surface area contributed by atoms with E-state index in [2.05, 4.69) is 38.2 Å². The lowest BCUT2D eigenvalue weighted by Crippen LogP contribution is -2.28. The molecule has 0 aromatic heterocycles. The molecule has 258 valence electrons. The Labute approximate surface area is 273 Å². The topological polar surface area (TPSA) is 72.8 Å². The quantitative estimate of drug-likeness (QED) is 0.0440. The molecule has 0 rings (SSSR count). The maximum absolute atomic E-state index is 12.1. The second kappa shape index (κ2) is 35.9. The maximum Gasteiger partial charge on any atom is 0.306 e. The van der Waals surface area contributed by atoms with Gasteiger partial charge in [0.25, 0.3) is 0 Å². The normalized spacial score (nSPS) is 12.3. The number of aliphatic hydroxyl groups is 1. The van der Waals surface area contributed by atoms with Crippen molar-refractivity contribution in [2.24, 2.45) is 0 Å². The van der Waals surface area contributed by atoms with E-state index in [9.17, 15) is 14.7 Å². The molecule has 0 aliphatic carbocycles. The van der Waals surface area contributed by atoms with Gasteiger partial charge in [-0.25, -0.2) is 0 Å². The number of unbranched alkanes of at least 4 members (excludes halogenated alkanes) is 22. The summed E-state index contributed by atoms with van der Waals surface area (Å²) in [6, 6.07) is 0. The average molecular weight is 621 g/mol. The molecule has 0 aromatic carbocycles. The van der Waals surface area contributed by atoms with E-state index < -0.39 is 6.10 Å². The maximum atomic E-state index is 12.1. The molecule has 0 aliphatic heterocycles. The van der Waals surface area contributed by atoms with Gasteiger partial charge in [0, 0.05) is 12.8 Å². The number of aliphatic hydroxyl groups excluding tert-OH is 1. The Morgan fingerprint density at radius 2 is 0.841 bits per heavy atom. The van der Waals surface area contributed by atoms with Gasteiger partial charge in [0.2, 0.25) is 0 Å². The third-order valence-electron chi connectivity index (χ3n) is 8.22. The van der Waals surface area contributed by atoms with Gasteiger partial charge >= 0.3 is 11.9 Å². The molecular weight excluding hydrogens is 548 g/mol. The van der Waals surface area contributed by atoms with E-state index in [1.807, 2.05) is 0 Å². The Hall–Kier alpha value is -1.62. The van der Waals surface area contributed by atoms with E-state index >= 15 is 0 Å². The minimum absolute atomic E-state index is 0.0672. The standard InChI is InChI=1S/C39H72O5/c1-3-5-7-9-11-13-15-17-19-21-23-25-27-29-31-33-38(41)43-36-37(35-40)44-39(42)34-32-30-28-26-24-22-20-18-16-14-12-10-8-6-4-2/h13-16,37,40H,3-12,17-36H2,1-2H3/b15-13+,16-14+/t37-/m0/s1. The van der Waals surface area contributed by atoms with Crippen molar-refractivity contribution in [1.82, 2.24) is 0 Å². The van der Waals surface area contributed by atoms with E-state index in [0.717, 1.165) is 38.5 Å². The van der Waals surface area contributed by atoms with Crippen LogP contribution in [0.2, 0.25) is 0 Å². The van der Waals surface area contributed by atoms with Crippen LogP contribution in [0.25, 0.3) is 0 Å². The molecule has 0 radical (unpaired) electrons. The molecule has 5 nitrogen and oxygen atoms in total. The summed E-state index contributed by atoms with van der Waals surface area (Å²) < 4.78 is 10.6. The number of allylic oxidation sites excluding steroid dienone is 4. The molecule has 0 unspecified atom stereocenters. The van der Waals surface area contributed by atoms with Crippen LogP contribution >= 0.6 is 0 Å². The Balaban J connectivity index is 3.56. The summed E-state index contributed by atoms with van der Waals surface area (Å²) in [4.78, 5) is 24.2. The highest BCUT2D eigenvalue weighted by molar-refractivity contribution is 5.70. The molecule has 0 heterocycles. The molecule has 1 N–H and O–H groups in total. The van der Waals surface area contributed by atoms with Gasteiger partial charge in [-0.1, -0.05) is 141 Å². The predicted octanol–water partition coefficient (Wildman–Crippen LogP) is 11.5. The lowest BCUT2D eigenvalue weighted by atomic mass is 10.1. The molecule has 44 heavy (non-hydrogen) atoms. The monoisotopic (exact) mass is 621 g/mol. The third kappa shape index (κ3) is 33.3. The van der Waals surface area contributed by atoms with Crippen LogP contribution in [0, 0.1) is 0 Å². The van der Waals surface area contributed by atoms with E-state index in [4.69, 9.17) is 9.47 Å². The first-order valence-electron chi connectivity index (χ1n) is 18.9. The van der Waals surface area contributed by atoms with Crippen molar-refractivity contribution in [1.29, 1.82) is 0 Å². The summed E-state index contributed by atoms with van der Waals surface area (Å²) in [5.41, 5.74) is 0. The molecule has 0 aliphatic rings. The van der Waals surface area contributed by atoms with Crippen LogP contribution < -0.4 is 0 Å². The van der Waals surface area contributed by atoms with Gasteiger partial charge in [0.05, 0.1) is 6.61 Å². The van der Waals surface area contributed by atoms with Crippen LogP contribution in [-0.2, 0) is 19.1 Å². The van der Waals surface area contributed by atoms with Crippen LogP contribution in [-0.4, -0.2) is 36.4 Å². The number of hydrogen-bond acceptors (Lipinski definition) is 5. The average Bonchev–Trinajstić information content (AvgIpc) is 3.02. The predicted molar refractivity (Wildman–Crippen MR) is 187 cm³/mol. The lowest BCUT2D eigenvalue weighted by Gasteiger charge is -2.15. The van der Waals surface area contributed by atoms with Gasteiger partial charge in [-0.05, 0) is 64.2 Å². The molecule has 0 fully saturated rings. The SMILES string of the molecule is CCCCCC/C=C/CCCCCCCCCC(=O)OC[C@H](CO)OC(=O)CCCCCCCCC/C=C/CCCCCC. The molecule has 0 bridgehead atoms.